The molecule has 23 heavy (non-hydrogen) atoms. The Labute approximate surface area is 133 Å². The number of carbonyl (C=O) groups excluding carboxylic acids is 1. The van der Waals surface area contributed by atoms with Crippen LogP contribution in [0.4, 0.5) is 8.78 Å². The van der Waals surface area contributed by atoms with Crippen LogP contribution in [0.2, 0.25) is 0 Å². The van der Waals surface area contributed by atoms with Gasteiger partial charge in [-0.15, -0.1) is 0 Å². The van der Waals surface area contributed by atoms with E-state index in [-0.39, 0.29) is 22.8 Å². The molecule has 1 amide bonds. The predicted octanol–water partition coefficient (Wildman–Crippen LogP) is 1.64. The second kappa shape index (κ2) is 6.16. The lowest BCUT2D eigenvalue weighted by atomic mass is 10.1. The number of piperidine rings is 1. The number of rotatable bonds is 4. The molecule has 0 spiro atoms. The molecular formula is C15H18F2N2O3S. The molecule has 1 heterocycles. The molecule has 1 saturated carbocycles. The van der Waals surface area contributed by atoms with Crippen LogP contribution in [0.3, 0.4) is 0 Å². The van der Waals surface area contributed by atoms with E-state index in [4.69, 9.17) is 0 Å². The third-order valence-corrected chi connectivity index (χ3v) is 5.77. The first-order valence-electron chi connectivity index (χ1n) is 7.63. The molecule has 0 radical (unpaired) electrons. The van der Waals surface area contributed by atoms with Crippen molar-refractivity contribution < 1.29 is 22.0 Å². The lowest BCUT2D eigenvalue weighted by Gasteiger charge is -2.32. The normalized spacial score (nSPS) is 19.8. The lowest BCUT2D eigenvalue weighted by molar-refractivity contribution is -0.133. The number of nitrogens with zero attached hydrogens (tertiary/aromatic N) is 1. The molecule has 1 saturated heterocycles. The van der Waals surface area contributed by atoms with Crippen LogP contribution in [-0.4, -0.2) is 38.4 Å². The average molecular weight is 344 g/mol. The first kappa shape index (κ1) is 16.3. The van der Waals surface area contributed by atoms with Gasteiger partial charge in [-0.25, -0.2) is 21.9 Å². The van der Waals surface area contributed by atoms with E-state index in [1.54, 1.807) is 4.90 Å². The van der Waals surface area contributed by atoms with Crippen LogP contribution >= 0.6 is 0 Å². The molecule has 1 aliphatic carbocycles. The number of carbonyl (C=O) groups is 1. The molecule has 126 valence electrons. The van der Waals surface area contributed by atoms with Gasteiger partial charge in [0.05, 0.1) is 4.90 Å². The van der Waals surface area contributed by atoms with E-state index in [1.165, 1.54) is 0 Å². The third kappa shape index (κ3) is 3.69. The molecule has 8 heteroatoms. The molecule has 2 aliphatic rings. The molecule has 1 aromatic carbocycles. The van der Waals surface area contributed by atoms with Crippen LogP contribution in [0.5, 0.6) is 0 Å². The minimum atomic E-state index is -3.90. The van der Waals surface area contributed by atoms with Crippen molar-refractivity contribution in [1.29, 1.82) is 0 Å². The van der Waals surface area contributed by atoms with Crippen LogP contribution in [-0.2, 0) is 14.8 Å². The molecule has 3 rings (SSSR count). The summed E-state index contributed by atoms with van der Waals surface area (Å²) >= 11 is 0. The highest BCUT2D eigenvalue weighted by Crippen LogP contribution is 2.32. The van der Waals surface area contributed by atoms with Gasteiger partial charge in [0.25, 0.3) is 0 Å². The summed E-state index contributed by atoms with van der Waals surface area (Å²) in [5.41, 5.74) is 0. The van der Waals surface area contributed by atoms with E-state index >= 15 is 0 Å². The van der Waals surface area contributed by atoms with Gasteiger partial charge in [-0.3, -0.25) is 4.79 Å². The molecule has 0 bridgehead atoms. The highest BCUT2D eigenvalue weighted by Gasteiger charge is 2.35. The lowest BCUT2D eigenvalue weighted by Crippen LogP contribution is -2.46. The Morgan fingerprint density at radius 1 is 1.09 bits per heavy atom. The van der Waals surface area contributed by atoms with Gasteiger partial charge in [0.1, 0.15) is 0 Å². The summed E-state index contributed by atoms with van der Waals surface area (Å²) < 4.78 is 53.0. The van der Waals surface area contributed by atoms with E-state index in [2.05, 4.69) is 4.72 Å². The molecule has 1 N–H and O–H groups in total. The van der Waals surface area contributed by atoms with Crippen molar-refractivity contribution in [2.75, 3.05) is 13.1 Å². The van der Waals surface area contributed by atoms with Crippen molar-refractivity contribution in [3.05, 3.63) is 29.8 Å². The third-order valence-electron chi connectivity index (χ3n) is 4.26. The quantitative estimate of drug-likeness (QED) is 0.903. The maximum absolute atomic E-state index is 13.2. The van der Waals surface area contributed by atoms with Gasteiger partial charge in [0.2, 0.25) is 15.9 Å². The fourth-order valence-electron chi connectivity index (χ4n) is 2.74. The highest BCUT2D eigenvalue weighted by molar-refractivity contribution is 7.89. The van der Waals surface area contributed by atoms with Gasteiger partial charge in [0.15, 0.2) is 11.6 Å². The topological polar surface area (TPSA) is 66.5 Å². The Morgan fingerprint density at radius 3 is 2.30 bits per heavy atom. The monoisotopic (exact) mass is 344 g/mol. The van der Waals surface area contributed by atoms with E-state index in [1.807, 2.05) is 0 Å². The van der Waals surface area contributed by atoms with Gasteiger partial charge < -0.3 is 4.90 Å². The Balaban J connectivity index is 1.60. The number of halogens is 2. The fourth-order valence-corrected chi connectivity index (χ4v) is 4.05. The highest BCUT2D eigenvalue weighted by atomic mass is 32.2. The first-order chi connectivity index (χ1) is 10.9. The molecular weight excluding hydrogens is 326 g/mol. The number of nitrogens with one attached hydrogen (secondary N) is 1. The van der Waals surface area contributed by atoms with Crippen molar-refractivity contribution in [1.82, 2.24) is 9.62 Å². The number of hydrogen-bond acceptors (Lipinski definition) is 3. The van der Waals surface area contributed by atoms with Gasteiger partial charge in [-0.1, -0.05) is 0 Å². The van der Waals surface area contributed by atoms with Gasteiger partial charge in [-0.2, -0.15) is 0 Å². The van der Waals surface area contributed by atoms with Gasteiger partial charge >= 0.3 is 0 Å². The zero-order chi connectivity index (χ0) is 16.6. The summed E-state index contributed by atoms with van der Waals surface area (Å²) in [7, 11) is -3.90. The molecule has 5 nitrogen and oxygen atoms in total. The van der Waals surface area contributed by atoms with E-state index in [0.717, 1.165) is 25.0 Å². The number of sulfonamides is 1. The van der Waals surface area contributed by atoms with Crippen LogP contribution in [0.1, 0.15) is 25.7 Å². The molecule has 1 aromatic rings. The van der Waals surface area contributed by atoms with E-state index in [0.29, 0.717) is 32.0 Å². The minimum Gasteiger partial charge on any atom is -0.342 e. The Morgan fingerprint density at radius 2 is 1.74 bits per heavy atom. The first-order valence-corrected chi connectivity index (χ1v) is 9.11. The summed E-state index contributed by atoms with van der Waals surface area (Å²) in [6, 6.07) is 2.19. The number of likely N-dealkylation sites (tertiary alicyclic amines) is 1. The summed E-state index contributed by atoms with van der Waals surface area (Å²) in [5, 5.41) is 0. The summed E-state index contributed by atoms with van der Waals surface area (Å²) in [6.07, 6.45) is 2.92. The van der Waals surface area contributed by atoms with E-state index in [9.17, 15) is 22.0 Å². The van der Waals surface area contributed by atoms with E-state index < -0.39 is 21.7 Å². The van der Waals surface area contributed by atoms with Crippen molar-refractivity contribution in [3.8, 4) is 0 Å². The second-order valence-corrected chi connectivity index (χ2v) is 7.79. The summed E-state index contributed by atoms with van der Waals surface area (Å²) in [6.45, 7) is 1.03. The van der Waals surface area contributed by atoms with Crippen molar-refractivity contribution >= 4 is 15.9 Å². The molecule has 0 atom stereocenters. The summed E-state index contributed by atoms with van der Waals surface area (Å²) in [4.78, 5) is 13.4. The SMILES string of the molecule is O=C(C1CC1)N1CCC(NS(=O)(=O)c2ccc(F)c(F)c2)CC1. The minimum absolute atomic E-state index is 0.158. The maximum atomic E-state index is 13.2. The fraction of sp³-hybridized carbons (Fsp3) is 0.533. The molecule has 0 unspecified atom stereocenters. The molecule has 1 aliphatic heterocycles. The van der Waals surface area contributed by atoms with Crippen molar-refractivity contribution in [2.45, 2.75) is 36.6 Å². The Bertz CT molecular complexity index is 711. The Kier molecular flexibility index (Phi) is 4.37. The molecule has 2 fully saturated rings. The Hall–Kier alpha value is -1.54. The smallest absolute Gasteiger partial charge is 0.240 e. The number of amides is 1. The predicted molar refractivity (Wildman–Crippen MR) is 79.0 cm³/mol. The van der Waals surface area contributed by atoms with Crippen LogP contribution < -0.4 is 4.72 Å². The van der Waals surface area contributed by atoms with Crippen molar-refractivity contribution in [3.63, 3.8) is 0 Å². The van der Waals surface area contributed by atoms with Gasteiger partial charge in [0, 0.05) is 25.0 Å². The second-order valence-electron chi connectivity index (χ2n) is 6.07. The standard InChI is InChI=1S/C15H18F2N2O3S/c16-13-4-3-12(9-14(13)17)23(21,22)18-11-5-7-19(8-6-11)15(20)10-1-2-10/h3-4,9-11,18H,1-2,5-8H2. The zero-order valence-corrected chi connectivity index (χ0v) is 13.3. The largest absolute Gasteiger partial charge is 0.342 e. The number of benzene rings is 1. The van der Waals surface area contributed by atoms with Crippen LogP contribution in [0.25, 0.3) is 0 Å². The zero-order valence-electron chi connectivity index (χ0n) is 12.5. The van der Waals surface area contributed by atoms with Gasteiger partial charge in [-0.05, 0) is 43.9 Å². The molecule has 0 aromatic heterocycles. The maximum Gasteiger partial charge on any atom is 0.240 e. The number of hydrogen-bond donors (Lipinski definition) is 1. The summed E-state index contributed by atoms with van der Waals surface area (Å²) in [5.74, 6) is -1.97. The van der Waals surface area contributed by atoms with Crippen LogP contribution in [0.15, 0.2) is 23.1 Å². The average Bonchev–Trinajstić information content (AvgIpc) is 3.34. The van der Waals surface area contributed by atoms with Crippen molar-refractivity contribution in [2.24, 2.45) is 5.92 Å². The van der Waals surface area contributed by atoms with Crippen LogP contribution in [0, 0.1) is 17.6 Å².